The van der Waals surface area contributed by atoms with Gasteiger partial charge < -0.3 is 5.32 Å². The molecule has 130 valence electrons. The van der Waals surface area contributed by atoms with Crippen LogP contribution in [0.2, 0.25) is 5.02 Å². The summed E-state index contributed by atoms with van der Waals surface area (Å²) in [7, 11) is -4.17. The van der Waals surface area contributed by atoms with Gasteiger partial charge in [-0.15, -0.1) is 0 Å². The predicted octanol–water partition coefficient (Wildman–Crippen LogP) is 4.59. The number of benzene rings is 2. The Bertz CT molecular complexity index is 822. The van der Waals surface area contributed by atoms with Crippen molar-refractivity contribution in [2.45, 2.75) is 18.0 Å². The summed E-state index contributed by atoms with van der Waals surface area (Å²) in [4.78, 5) is -0.519. The first-order chi connectivity index (χ1) is 11.1. The van der Waals surface area contributed by atoms with Crippen LogP contribution < -0.4 is 10.0 Å². The molecule has 0 saturated heterocycles. The molecule has 0 unspecified atom stereocenters. The summed E-state index contributed by atoms with van der Waals surface area (Å²) >= 11 is 5.50. The predicted molar refractivity (Wildman–Crippen MR) is 87.9 cm³/mol. The van der Waals surface area contributed by atoms with E-state index < -0.39 is 31.7 Å². The molecule has 2 N–H and O–H groups in total. The van der Waals surface area contributed by atoms with Gasteiger partial charge in [0.1, 0.15) is 0 Å². The Morgan fingerprint density at radius 1 is 1.04 bits per heavy atom. The van der Waals surface area contributed by atoms with Crippen molar-refractivity contribution in [3.63, 3.8) is 0 Å². The van der Waals surface area contributed by atoms with Gasteiger partial charge in [0.15, 0.2) is 0 Å². The lowest BCUT2D eigenvalue weighted by atomic mass is 10.2. The van der Waals surface area contributed by atoms with Gasteiger partial charge >= 0.3 is 6.18 Å². The average Bonchev–Trinajstić information content (AvgIpc) is 2.48. The first kappa shape index (κ1) is 18.4. The molecule has 0 aliphatic rings. The molecule has 0 amide bonds. The highest BCUT2D eigenvalue weighted by molar-refractivity contribution is 7.92. The molecule has 2 rings (SSSR count). The van der Waals surface area contributed by atoms with Crippen LogP contribution in [0.15, 0.2) is 47.4 Å². The summed E-state index contributed by atoms with van der Waals surface area (Å²) < 4.78 is 65.3. The minimum atomic E-state index is -4.74. The number of halogens is 4. The van der Waals surface area contributed by atoms with Crippen LogP contribution in [0.25, 0.3) is 0 Å². The van der Waals surface area contributed by atoms with E-state index >= 15 is 0 Å². The fourth-order valence-electron chi connectivity index (χ4n) is 1.96. The topological polar surface area (TPSA) is 58.2 Å². The third-order valence-corrected chi connectivity index (χ3v) is 4.78. The standard InChI is InChI=1S/C15H14ClF3N2O2S/c1-2-20-10-3-5-11(6-4-10)21-24(22,23)12-7-8-14(16)13(9-12)15(17,18)19/h3-9,20-21H,2H2,1H3. The van der Waals surface area contributed by atoms with E-state index in [-0.39, 0.29) is 5.69 Å². The molecule has 0 aromatic heterocycles. The van der Waals surface area contributed by atoms with Crippen molar-refractivity contribution in [1.82, 2.24) is 0 Å². The number of hydrogen-bond donors (Lipinski definition) is 2. The van der Waals surface area contributed by atoms with Crippen molar-refractivity contribution in [2.24, 2.45) is 0 Å². The van der Waals surface area contributed by atoms with Crippen molar-refractivity contribution in [3.8, 4) is 0 Å². The lowest BCUT2D eigenvalue weighted by molar-refractivity contribution is -0.137. The zero-order valence-electron chi connectivity index (χ0n) is 12.5. The van der Waals surface area contributed by atoms with E-state index in [1.165, 1.54) is 12.1 Å². The second-order valence-electron chi connectivity index (χ2n) is 4.85. The molecule has 0 atom stereocenters. The van der Waals surface area contributed by atoms with Gasteiger partial charge in [-0.3, -0.25) is 4.72 Å². The SMILES string of the molecule is CCNc1ccc(NS(=O)(=O)c2ccc(Cl)c(C(F)(F)F)c2)cc1. The highest BCUT2D eigenvalue weighted by atomic mass is 35.5. The summed E-state index contributed by atoms with van der Waals surface area (Å²) in [6, 6.07) is 8.78. The van der Waals surface area contributed by atoms with Crippen LogP contribution in [-0.2, 0) is 16.2 Å². The smallest absolute Gasteiger partial charge is 0.385 e. The Labute approximate surface area is 142 Å². The fraction of sp³-hybridized carbons (Fsp3) is 0.200. The second kappa shape index (κ2) is 6.90. The maximum absolute atomic E-state index is 12.9. The van der Waals surface area contributed by atoms with Crippen LogP contribution in [0.4, 0.5) is 24.5 Å². The number of anilines is 2. The van der Waals surface area contributed by atoms with Gasteiger partial charge in [0.2, 0.25) is 0 Å². The van der Waals surface area contributed by atoms with E-state index in [9.17, 15) is 21.6 Å². The minimum absolute atomic E-state index is 0.236. The van der Waals surface area contributed by atoms with Gasteiger partial charge in [-0.2, -0.15) is 13.2 Å². The third-order valence-electron chi connectivity index (χ3n) is 3.07. The molecular formula is C15H14ClF3N2O2S. The van der Waals surface area contributed by atoms with Crippen LogP contribution in [0.3, 0.4) is 0 Å². The van der Waals surface area contributed by atoms with Gasteiger partial charge in [0.05, 0.1) is 15.5 Å². The Balaban J connectivity index is 2.30. The molecule has 0 aliphatic heterocycles. The Kier molecular flexibility index (Phi) is 5.29. The zero-order valence-corrected chi connectivity index (χ0v) is 14.1. The zero-order chi connectivity index (χ0) is 18.0. The second-order valence-corrected chi connectivity index (χ2v) is 6.94. The van der Waals surface area contributed by atoms with Gasteiger partial charge in [0, 0.05) is 17.9 Å². The molecule has 0 saturated carbocycles. The molecule has 0 radical (unpaired) electrons. The van der Waals surface area contributed by atoms with Crippen molar-refractivity contribution >= 4 is 33.0 Å². The maximum Gasteiger partial charge on any atom is 0.417 e. The molecule has 9 heteroatoms. The van der Waals surface area contributed by atoms with Gasteiger partial charge in [-0.25, -0.2) is 8.42 Å². The maximum atomic E-state index is 12.9. The van der Waals surface area contributed by atoms with E-state index in [1.807, 2.05) is 6.92 Å². The molecule has 4 nitrogen and oxygen atoms in total. The number of alkyl halides is 3. The fourth-order valence-corrected chi connectivity index (χ4v) is 3.27. The first-order valence-electron chi connectivity index (χ1n) is 6.87. The van der Waals surface area contributed by atoms with Crippen LogP contribution in [0, 0.1) is 0 Å². The normalized spacial score (nSPS) is 12.0. The third kappa shape index (κ3) is 4.33. The van der Waals surface area contributed by atoms with Crippen molar-refractivity contribution in [3.05, 3.63) is 53.1 Å². The summed E-state index contributed by atoms with van der Waals surface area (Å²) in [5.74, 6) is 0. The lowest BCUT2D eigenvalue weighted by Gasteiger charge is -2.13. The molecular weight excluding hydrogens is 365 g/mol. The molecule has 24 heavy (non-hydrogen) atoms. The average molecular weight is 379 g/mol. The largest absolute Gasteiger partial charge is 0.417 e. The Morgan fingerprint density at radius 3 is 2.17 bits per heavy atom. The van der Waals surface area contributed by atoms with Crippen molar-refractivity contribution < 1.29 is 21.6 Å². The Hall–Kier alpha value is -1.93. The first-order valence-corrected chi connectivity index (χ1v) is 8.73. The van der Waals surface area contributed by atoms with E-state index in [0.29, 0.717) is 12.6 Å². The van der Waals surface area contributed by atoms with Crippen molar-refractivity contribution in [1.29, 1.82) is 0 Å². The van der Waals surface area contributed by atoms with Crippen LogP contribution in [0.5, 0.6) is 0 Å². The molecule has 2 aromatic carbocycles. The monoisotopic (exact) mass is 378 g/mol. The van der Waals surface area contributed by atoms with Crippen LogP contribution in [-0.4, -0.2) is 15.0 Å². The summed E-state index contributed by atoms with van der Waals surface area (Å²) in [5.41, 5.74) is -0.166. The van der Waals surface area contributed by atoms with E-state index in [2.05, 4.69) is 10.0 Å². The van der Waals surface area contributed by atoms with Crippen molar-refractivity contribution in [2.75, 3.05) is 16.6 Å². The molecule has 0 aliphatic carbocycles. The highest BCUT2D eigenvalue weighted by Gasteiger charge is 2.34. The van der Waals surface area contributed by atoms with Crippen LogP contribution in [0.1, 0.15) is 12.5 Å². The van der Waals surface area contributed by atoms with E-state index in [0.717, 1.165) is 17.8 Å². The molecule has 0 bridgehead atoms. The van der Waals surface area contributed by atoms with Gasteiger partial charge in [0.25, 0.3) is 10.0 Å². The minimum Gasteiger partial charge on any atom is -0.385 e. The molecule has 0 heterocycles. The summed E-state index contributed by atoms with van der Waals surface area (Å²) in [6.07, 6.45) is -4.74. The molecule has 0 spiro atoms. The van der Waals surface area contributed by atoms with Gasteiger partial charge in [-0.1, -0.05) is 11.6 Å². The number of sulfonamides is 1. The Morgan fingerprint density at radius 2 is 1.62 bits per heavy atom. The van der Waals surface area contributed by atoms with E-state index in [1.54, 1.807) is 12.1 Å². The number of hydrogen-bond acceptors (Lipinski definition) is 3. The number of nitrogens with one attached hydrogen (secondary N) is 2. The van der Waals surface area contributed by atoms with Crippen LogP contribution >= 0.6 is 11.6 Å². The lowest BCUT2D eigenvalue weighted by Crippen LogP contribution is -2.15. The summed E-state index contributed by atoms with van der Waals surface area (Å²) in [6.45, 7) is 2.62. The molecule has 2 aromatic rings. The van der Waals surface area contributed by atoms with E-state index in [4.69, 9.17) is 11.6 Å². The highest BCUT2D eigenvalue weighted by Crippen LogP contribution is 2.36. The molecule has 0 fully saturated rings. The summed E-state index contributed by atoms with van der Waals surface area (Å²) in [5, 5.41) is 2.48. The quantitative estimate of drug-likeness (QED) is 0.800. The van der Waals surface area contributed by atoms with Gasteiger partial charge in [-0.05, 0) is 49.4 Å². The number of rotatable bonds is 5.